The summed E-state index contributed by atoms with van der Waals surface area (Å²) in [5.74, 6) is -0.501. The van der Waals surface area contributed by atoms with Crippen LogP contribution in [0.25, 0.3) is 11.1 Å². The molecule has 0 aliphatic heterocycles. The van der Waals surface area contributed by atoms with Gasteiger partial charge in [-0.15, -0.1) is 0 Å². The normalized spacial score (nSPS) is 11.2. The quantitative estimate of drug-likeness (QED) is 0.633. The molecule has 0 aliphatic carbocycles. The topological polar surface area (TPSA) is 48.4 Å². The molecule has 0 unspecified atom stereocenters. The molecule has 1 heterocycles. The largest absolute Gasteiger partial charge is 0.373 e. The minimum atomic E-state index is -0.533. The van der Waals surface area contributed by atoms with Crippen molar-refractivity contribution in [3.05, 3.63) is 53.9 Å². The Bertz CT molecular complexity index is 644. The number of carbonyl (C=O) groups excluding carboxylic acids is 1. The van der Waals surface area contributed by atoms with E-state index in [0.29, 0.717) is 5.56 Å². The van der Waals surface area contributed by atoms with Crippen LogP contribution in [0.5, 0.6) is 0 Å². The zero-order valence-electron chi connectivity index (χ0n) is 12.7. The number of rotatable bonds is 3. The molecule has 1 aromatic heterocycles. The lowest BCUT2D eigenvalue weighted by atomic mass is 10.0. The third-order valence-corrected chi connectivity index (χ3v) is 2.80. The van der Waals surface area contributed by atoms with E-state index in [-0.39, 0.29) is 0 Å². The van der Waals surface area contributed by atoms with Gasteiger partial charge >= 0.3 is 5.97 Å². The summed E-state index contributed by atoms with van der Waals surface area (Å²) in [6.45, 7) is 7.43. The second kappa shape index (κ2) is 6.06. The summed E-state index contributed by atoms with van der Waals surface area (Å²) in [6, 6.07) is 9.18. The fourth-order valence-electron chi connectivity index (χ4n) is 1.82. The van der Waals surface area contributed by atoms with Crippen LogP contribution in [0.2, 0.25) is 0 Å². The average Bonchev–Trinajstić information content (AvgIpc) is 2.44. The molecule has 4 nitrogen and oxygen atoms in total. The highest BCUT2D eigenvalue weighted by atomic mass is 17.2. The van der Waals surface area contributed by atoms with Gasteiger partial charge in [0, 0.05) is 12.4 Å². The first-order valence-electron chi connectivity index (χ1n) is 6.78. The maximum absolute atomic E-state index is 12.0. The molecule has 0 radical (unpaired) electrons. The van der Waals surface area contributed by atoms with E-state index in [1.807, 2.05) is 45.9 Å². The zero-order valence-corrected chi connectivity index (χ0v) is 12.7. The highest BCUT2D eigenvalue weighted by Gasteiger charge is 2.17. The molecule has 0 atom stereocenters. The monoisotopic (exact) mass is 285 g/mol. The van der Waals surface area contributed by atoms with Crippen molar-refractivity contribution in [1.29, 1.82) is 0 Å². The minimum absolute atomic E-state index is 0.452. The van der Waals surface area contributed by atoms with Gasteiger partial charge in [-0.3, -0.25) is 9.87 Å². The van der Waals surface area contributed by atoms with Gasteiger partial charge in [0.15, 0.2) is 0 Å². The fraction of sp³-hybridized carbons (Fsp3) is 0.294. The van der Waals surface area contributed by atoms with Crippen LogP contribution >= 0.6 is 0 Å². The zero-order chi connectivity index (χ0) is 15.5. The van der Waals surface area contributed by atoms with Crippen molar-refractivity contribution in [1.82, 2.24) is 4.98 Å². The number of hydrogen-bond donors (Lipinski definition) is 0. The van der Waals surface area contributed by atoms with Gasteiger partial charge in [-0.25, -0.2) is 4.79 Å². The second-order valence-corrected chi connectivity index (χ2v) is 5.84. The van der Waals surface area contributed by atoms with Crippen LogP contribution in [0.4, 0.5) is 0 Å². The van der Waals surface area contributed by atoms with Gasteiger partial charge in [-0.1, -0.05) is 12.1 Å². The summed E-state index contributed by atoms with van der Waals surface area (Å²) in [6.07, 6.45) is 3.53. The van der Waals surface area contributed by atoms with Crippen LogP contribution in [0.1, 0.15) is 36.7 Å². The first kappa shape index (κ1) is 15.2. The Labute approximate surface area is 124 Å². The van der Waals surface area contributed by atoms with Crippen molar-refractivity contribution < 1.29 is 14.6 Å². The SMILES string of the molecule is Cc1cnccc1-c1cccc(C(=O)OOC(C)(C)C)c1. The molecule has 0 amide bonds. The van der Waals surface area contributed by atoms with Crippen molar-refractivity contribution in [2.75, 3.05) is 0 Å². The van der Waals surface area contributed by atoms with Gasteiger partial charge in [-0.05, 0) is 62.6 Å². The number of hydrogen-bond acceptors (Lipinski definition) is 4. The van der Waals surface area contributed by atoms with Crippen molar-refractivity contribution in [2.45, 2.75) is 33.3 Å². The van der Waals surface area contributed by atoms with Gasteiger partial charge in [0.25, 0.3) is 0 Å². The summed E-state index contributed by atoms with van der Waals surface area (Å²) < 4.78 is 0. The number of carbonyl (C=O) groups is 1. The number of pyridine rings is 1. The molecule has 21 heavy (non-hydrogen) atoms. The van der Waals surface area contributed by atoms with E-state index in [1.165, 1.54) is 0 Å². The van der Waals surface area contributed by atoms with E-state index in [0.717, 1.165) is 16.7 Å². The Hall–Kier alpha value is -2.20. The predicted molar refractivity (Wildman–Crippen MR) is 80.7 cm³/mol. The lowest BCUT2D eigenvalue weighted by Crippen LogP contribution is -2.21. The Balaban J connectivity index is 2.22. The van der Waals surface area contributed by atoms with Gasteiger partial charge in [0.05, 0.1) is 5.56 Å². The number of nitrogens with zero attached hydrogens (tertiary/aromatic N) is 1. The second-order valence-electron chi connectivity index (χ2n) is 5.84. The Kier molecular flexibility index (Phi) is 4.38. The van der Waals surface area contributed by atoms with Crippen LogP contribution in [0, 0.1) is 6.92 Å². The minimum Gasteiger partial charge on any atom is -0.292 e. The van der Waals surface area contributed by atoms with Crippen molar-refractivity contribution in [2.24, 2.45) is 0 Å². The van der Waals surface area contributed by atoms with Gasteiger partial charge in [0.2, 0.25) is 0 Å². The molecule has 2 aromatic rings. The van der Waals surface area contributed by atoms with Crippen LogP contribution in [0.3, 0.4) is 0 Å². The van der Waals surface area contributed by atoms with Gasteiger partial charge < -0.3 is 0 Å². The summed E-state index contributed by atoms with van der Waals surface area (Å²) in [5, 5.41) is 0. The lowest BCUT2D eigenvalue weighted by molar-refractivity contribution is -0.301. The van der Waals surface area contributed by atoms with E-state index in [9.17, 15) is 4.79 Å². The molecule has 0 bridgehead atoms. The van der Waals surface area contributed by atoms with Crippen molar-refractivity contribution in [3.8, 4) is 11.1 Å². The highest BCUT2D eigenvalue weighted by Crippen LogP contribution is 2.23. The first-order valence-corrected chi connectivity index (χ1v) is 6.78. The van der Waals surface area contributed by atoms with Gasteiger partial charge in [-0.2, -0.15) is 4.89 Å². The van der Waals surface area contributed by atoms with Crippen LogP contribution in [-0.4, -0.2) is 16.6 Å². The van der Waals surface area contributed by atoms with Crippen LogP contribution < -0.4 is 0 Å². The molecule has 0 saturated carbocycles. The van der Waals surface area contributed by atoms with Crippen molar-refractivity contribution >= 4 is 5.97 Å². The molecule has 0 N–H and O–H groups in total. The maximum Gasteiger partial charge on any atom is 0.373 e. The standard InChI is InChI=1S/C17H19NO3/c1-12-11-18-9-8-15(12)13-6-5-7-14(10-13)16(19)20-21-17(2,3)4/h5-11H,1-4H3. The third kappa shape index (κ3) is 4.13. The van der Waals surface area contributed by atoms with E-state index in [1.54, 1.807) is 24.5 Å². The number of benzene rings is 1. The third-order valence-electron chi connectivity index (χ3n) is 2.80. The van der Waals surface area contributed by atoms with E-state index < -0.39 is 11.6 Å². The van der Waals surface area contributed by atoms with Gasteiger partial charge in [0.1, 0.15) is 5.60 Å². The maximum atomic E-state index is 12.0. The molecule has 0 spiro atoms. The summed E-state index contributed by atoms with van der Waals surface area (Å²) in [5.41, 5.74) is 2.95. The first-order chi connectivity index (χ1) is 9.87. The summed E-state index contributed by atoms with van der Waals surface area (Å²) in [7, 11) is 0. The average molecular weight is 285 g/mol. The van der Waals surface area contributed by atoms with E-state index >= 15 is 0 Å². The van der Waals surface area contributed by atoms with Crippen LogP contribution in [-0.2, 0) is 9.78 Å². The van der Waals surface area contributed by atoms with E-state index in [4.69, 9.17) is 9.78 Å². The number of aromatic nitrogens is 1. The van der Waals surface area contributed by atoms with Crippen molar-refractivity contribution in [3.63, 3.8) is 0 Å². The number of aryl methyl sites for hydroxylation is 1. The Morgan fingerprint density at radius 2 is 1.95 bits per heavy atom. The van der Waals surface area contributed by atoms with E-state index in [2.05, 4.69) is 4.98 Å². The molecular weight excluding hydrogens is 266 g/mol. The summed E-state index contributed by atoms with van der Waals surface area (Å²) in [4.78, 5) is 26.0. The molecule has 110 valence electrons. The molecule has 2 rings (SSSR count). The molecule has 0 saturated heterocycles. The Morgan fingerprint density at radius 3 is 2.62 bits per heavy atom. The summed E-state index contributed by atoms with van der Waals surface area (Å²) >= 11 is 0. The van der Waals surface area contributed by atoms with Crippen LogP contribution in [0.15, 0.2) is 42.7 Å². The lowest BCUT2D eigenvalue weighted by Gasteiger charge is -2.16. The fourth-order valence-corrected chi connectivity index (χ4v) is 1.82. The molecule has 0 aliphatic rings. The molecule has 1 aromatic carbocycles. The molecule has 4 heteroatoms. The molecule has 0 fully saturated rings. The smallest absolute Gasteiger partial charge is 0.292 e. The predicted octanol–water partition coefficient (Wildman–Crippen LogP) is 3.94. The molecular formula is C17H19NO3. The highest BCUT2D eigenvalue weighted by molar-refractivity contribution is 5.90. The Morgan fingerprint density at radius 1 is 1.19 bits per heavy atom.